The summed E-state index contributed by atoms with van der Waals surface area (Å²) >= 11 is 0. The van der Waals surface area contributed by atoms with E-state index in [1.165, 1.54) is 83.5 Å². The molecule has 0 radical (unpaired) electrons. The Balaban J connectivity index is 1.35. The Kier molecular flexibility index (Phi) is 19.0. The molecule has 242 valence electrons. The van der Waals surface area contributed by atoms with Gasteiger partial charge < -0.3 is 10.2 Å². The van der Waals surface area contributed by atoms with E-state index in [0.29, 0.717) is 18.1 Å². The highest BCUT2D eigenvalue weighted by molar-refractivity contribution is 7.85. The number of nitrogens with one attached hydrogen (secondary N) is 1. The molecule has 1 saturated heterocycles. The molecule has 1 fully saturated rings. The molecule has 0 saturated carbocycles. The first kappa shape index (κ1) is 36.5. The quantitative estimate of drug-likeness (QED) is 0.102. The molecule has 1 amide bonds. The number of amides is 1. The van der Waals surface area contributed by atoms with Crippen LogP contribution in [0.1, 0.15) is 127 Å². The zero-order chi connectivity index (χ0) is 30.5. The van der Waals surface area contributed by atoms with Crippen LogP contribution in [0.5, 0.6) is 0 Å². The summed E-state index contributed by atoms with van der Waals surface area (Å²) in [6.45, 7) is 10.9. The number of pyridine rings is 1. The van der Waals surface area contributed by atoms with E-state index >= 15 is 0 Å². The van der Waals surface area contributed by atoms with E-state index < -0.39 is 10.1 Å². The summed E-state index contributed by atoms with van der Waals surface area (Å²) in [4.78, 5) is 21.9. The molecule has 42 heavy (non-hydrogen) atoms. The molecule has 0 bridgehead atoms. The Morgan fingerprint density at radius 2 is 1.31 bits per heavy atom. The predicted octanol–water partition coefficient (Wildman–Crippen LogP) is 6.81. The first-order valence-electron chi connectivity index (χ1n) is 16.8. The Bertz CT molecular complexity index is 932. The number of nitrogens with zero attached hydrogens (tertiary/aromatic N) is 3. The number of carbonyl (C=O) groups is 1. The third kappa shape index (κ3) is 18.1. The molecule has 2 rings (SSSR count). The van der Waals surface area contributed by atoms with Crippen molar-refractivity contribution in [2.24, 2.45) is 5.92 Å². The van der Waals surface area contributed by atoms with Gasteiger partial charge in [-0.05, 0) is 30.9 Å². The Hall–Kier alpha value is -1.71. The topological polar surface area (TPSA) is 91.8 Å². The van der Waals surface area contributed by atoms with Crippen LogP contribution in [0.3, 0.4) is 0 Å². The Morgan fingerprint density at radius 3 is 1.76 bits per heavy atom. The smallest absolute Gasteiger partial charge is 0.264 e. The van der Waals surface area contributed by atoms with Crippen LogP contribution < -0.4 is 10.2 Å². The number of hydrogen-bond donors (Lipinski definition) is 1. The number of anilines is 1. The summed E-state index contributed by atoms with van der Waals surface area (Å²) in [5, 5.41) is 3.06. The Labute approximate surface area is 257 Å². The third-order valence-corrected chi connectivity index (χ3v) is 8.58. The van der Waals surface area contributed by atoms with E-state index in [9.17, 15) is 13.2 Å². The lowest BCUT2D eigenvalue weighted by Gasteiger charge is -2.36. The SMILES string of the molecule is CC(C)CN1CCN(c2ccc(C(=O)NCCCCCCCCCCCCCCCCCCOS(C)(=O)=O)cn2)CC1. The van der Waals surface area contributed by atoms with Crippen LogP contribution in [0.25, 0.3) is 0 Å². The second-order valence-corrected chi connectivity index (χ2v) is 14.2. The fraction of sp³-hybridized carbons (Fsp3) is 0.818. The maximum Gasteiger partial charge on any atom is 0.264 e. The lowest BCUT2D eigenvalue weighted by molar-refractivity contribution is 0.0952. The van der Waals surface area contributed by atoms with Crippen molar-refractivity contribution in [2.75, 3.05) is 57.0 Å². The van der Waals surface area contributed by atoms with E-state index in [1.807, 2.05) is 12.1 Å². The molecule has 1 aliphatic heterocycles. The normalized spacial score (nSPS) is 14.5. The van der Waals surface area contributed by atoms with Gasteiger partial charge in [0, 0.05) is 45.5 Å². The van der Waals surface area contributed by atoms with E-state index in [1.54, 1.807) is 6.20 Å². The maximum absolute atomic E-state index is 12.5. The molecular formula is C33H60N4O4S. The highest BCUT2D eigenvalue weighted by Gasteiger charge is 2.18. The molecule has 1 N–H and O–H groups in total. The number of unbranched alkanes of at least 4 members (excludes halogenated alkanes) is 15. The summed E-state index contributed by atoms with van der Waals surface area (Å²) in [6.07, 6.45) is 22.5. The largest absolute Gasteiger partial charge is 0.354 e. The van der Waals surface area contributed by atoms with Crippen molar-refractivity contribution >= 4 is 21.8 Å². The van der Waals surface area contributed by atoms with Gasteiger partial charge in [0.15, 0.2) is 0 Å². The van der Waals surface area contributed by atoms with Crippen molar-refractivity contribution in [3.8, 4) is 0 Å². The lowest BCUT2D eigenvalue weighted by atomic mass is 10.0. The molecule has 9 heteroatoms. The van der Waals surface area contributed by atoms with Crippen molar-refractivity contribution in [1.29, 1.82) is 0 Å². The molecule has 1 aromatic heterocycles. The van der Waals surface area contributed by atoms with E-state index in [4.69, 9.17) is 4.18 Å². The van der Waals surface area contributed by atoms with Crippen LogP contribution >= 0.6 is 0 Å². The van der Waals surface area contributed by atoms with Gasteiger partial charge in [0.2, 0.25) is 0 Å². The van der Waals surface area contributed by atoms with Crippen LogP contribution in [-0.4, -0.2) is 76.3 Å². The average molecular weight is 609 g/mol. The molecule has 8 nitrogen and oxygen atoms in total. The summed E-state index contributed by atoms with van der Waals surface area (Å²) in [5.41, 5.74) is 0.645. The van der Waals surface area contributed by atoms with Gasteiger partial charge in [0.25, 0.3) is 16.0 Å². The monoisotopic (exact) mass is 608 g/mol. The van der Waals surface area contributed by atoms with Gasteiger partial charge >= 0.3 is 0 Å². The molecule has 2 heterocycles. The third-order valence-electron chi connectivity index (χ3n) is 7.98. The number of carbonyl (C=O) groups excluding carboxylic acids is 1. The van der Waals surface area contributed by atoms with Crippen molar-refractivity contribution in [3.05, 3.63) is 23.9 Å². The average Bonchev–Trinajstić information content (AvgIpc) is 2.95. The summed E-state index contributed by atoms with van der Waals surface area (Å²) in [7, 11) is -3.28. The van der Waals surface area contributed by atoms with Gasteiger partial charge in [-0.3, -0.25) is 13.9 Å². The number of aromatic nitrogens is 1. The van der Waals surface area contributed by atoms with Crippen molar-refractivity contribution in [1.82, 2.24) is 15.2 Å². The summed E-state index contributed by atoms with van der Waals surface area (Å²) in [6, 6.07) is 3.89. The van der Waals surface area contributed by atoms with Gasteiger partial charge in [0.05, 0.1) is 18.4 Å². The van der Waals surface area contributed by atoms with Gasteiger partial charge in [-0.25, -0.2) is 4.98 Å². The molecule has 0 aromatic carbocycles. The van der Waals surface area contributed by atoms with E-state index in [2.05, 4.69) is 33.9 Å². The summed E-state index contributed by atoms with van der Waals surface area (Å²) in [5.74, 6) is 1.65. The van der Waals surface area contributed by atoms with Crippen LogP contribution in [0.15, 0.2) is 18.3 Å². The van der Waals surface area contributed by atoms with Gasteiger partial charge in [-0.2, -0.15) is 8.42 Å². The van der Waals surface area contributed by atoms with E-state index in [-0.39, 0.29) is 5.91 Å². The number of rotatable bonds is 24. The first-order chi connectivity index (χ1) is 20.2. The van der Waals surface area contributed by atoms with Crippen LogP contribution in [0, 0.1) is 5.92 Å². The fourth-order valence-electron chi connectivity index (χ4n) is 5.60. The minimum Gasteiger partial charge on any atom is -0.354 e. The molecule has 0 spiro atoms. The molecule has 0 unspecified atom stereocenters. The molecule has 1 aromatic rings. The molecular weight excluding hydrogens is 548 g/mol. The number of hydrogen-bond acceptors (Lipinski definition) is 7. The Morgan fingerprint density at radius 1 is 0.810 bits per heavy atom. The van der Waals surface area contributed by atoms with Gasteiger partial charge in [-0.1, -0.05) is 104 Å². The van der Waals surface area contributed by atoms with Crippen LogP contribution in [0.4, 0.5) is 5.82 Å². The van der Waals surface area contributed by atoms with Crippen molar-refractivity contribution in [2.45, 2.75) is 117 Å². The number of piperazine rings is 1. The molecule has 0 atom stereocenters. The minimum atomic E-state index is -3.28. The second kappa shape index (κ2) is 21.9. The standard InChI is InChI=1S/C33H60N4O4S/c1-30(2)29-36-23-25-37(26-24-36)32-21-20-31(28-35-32)33(38)34-22-18-16-14-12-10-8-6-4-5-7-9-11-13-15-17-19-27-41-42(3,39)40/h20-21,28,30H,4-19,22-27,29H2,1-3H3,(H,34,38). The summed E-state index contributed by atoms with van der Waals surface area (Å²) < 4.78 is 26.5. The molecule has 1 aliphatic rings. The highest BCUT2D eigenvalue weighted by atomic mass is 32.2. The van der Waals surface area contributed by atoms with E-state index in [0.717, 1.165) is 70.6 Å². The van der Waals surface area contributed by atoms with Gasteiger partial charge in [-0.15, -0.1) is 0 Å². The zero-order valence-corrected chi connectivity index (χ0v) is 27.8. The fourth-order valence-corrected chi connectivity index (χ4v) is 6.02. The van der Waals surface area contributed by atoms with Crippen molar-refractivity contribution in [3.63, 3.8) is 0 Å². The van der Waals surface area contributed by atoms with Crippen LogP contribution in [0.2, 0.25) is 0 Å². The van der Waals surface area contributed by atoms with Gasteiger partial charge in [0.1, 0.15) is 5.82 Å². The molecule has 0 aliphatic carbocycles. The lowest BCUT2D eigenvalue weighted by Crippen LogP contribution is -2.47. The second-order valence-electron chi connectivity index (χ2n) is 12.5. The van der Waals surface area contributed by atoms with Crippen LogP contribution in [-0.2, 0) is 14.3 Å². The highest BCUT2D eigenvalue weighted by Crippen LogP contribution is 2.16. The first-order valence-corrected chi connectivity index (χ1v) is 18.6. The minimum absolute atomic E-state index is 0.0205. The van der Waals surface area contributed by atoms with Crippen molar-refractivity contribution < 1.29 is 17.4 Å². The predicted molar refractivity (Wildman–Crippen MR) is 175 cm³/mol. The maximum atomic E-state index is 12.5. The zero-order valence-electron chi connectivity index (χ0n) is 27.0.